The number of carbonyl (C=O) groups is 1. The maximum Gasteiger partial charge on any atom is 0.459 e. The zero-order valence-corrected chi connectivity index (χ0v) is 23.5. The van der Waals surface area contributed by atoms with Crippen LogP contribution in [0.1, 0.15) is 20.1 Å². The van der Waals surface area contributed by atoms with E-state index in [0.717, 1.165) is 0 Å². The molecule has 2 aromatic heterocycles. The highest BCUT2D eigenvalue weighted by molar-refractivity contribution is 7.52. The molecule has 0 aliphatic carbocycles. The Kier molecular flexibility index (Phi) is 9.12. The minimum absolute atomic E-state index is 0.0850. The Bertz CT molecular complexity index is 1390. The van der Waals surface area contributed by atoms with E-state index in [2.05, 4.69) is 25.4 Å². The molecule has 0 spiro atoms. The van der Waals surface area contributed by atoms with E-state index < -0.39 is 56.3 Å². The van der Waals surface area contributed by atoms with Crippen LogP contribution in [0.4, 0.5) is 16.2 Å². The molecule has 1 saturated heterocycles. The second-order valence-corrected chi connectivity index (χ2v) is 11.2. The van der Waals surface area contributed by atoms with Gasteiger partial charge >= 0.3 is 13.7 Å². The number of anilines is 2. The average Bonchev–Trinajstić information content (AvgIpc) is 3.46. The minimum Gasteiger partial charge on any atom is -0.465 e. The number of benzene rings is 1. The molecule has 1 aliphatic rings. The number of aliphatic hydroxyl groups excluding tert-OH is 1. The highest BCUT2D eigenvalue weighted by atomic mass is 35.5. The topological polar surface area (TPSA) is 185 Å². The molecular formula is C23H30ClFN7O7P. The van der Waals surface area contributed by atoms with Crippen LogP contribution in [0.3, 0.4) is 0 Å². The van der Waals surface area contributed by atoms with E-state index in [1.54, 1.807) is 32.2 Å². The van der Waals surface area contributed by atoms with Crippen molar-refractivity contribution in [1.29, 1.82) is 0 Å². The van der Waals surface area contributed by atoms with E-state index >= 15 is 0 Å². The van der Waals surface area contributed by atoms with Gasteiger partial charge in [-0.05, 0) is 26.0 Å². The van der Waals surface area contributed by atoms with Gasteiger partial charge < -0.3 is 30.2 Å². The number of esters is 1. The molecule has 40 heavy (non-hydrogen) atoms. The number of para-hydroxylation sites is 1. The van der Waals surface area contributed by atoms with E-state index in [-0.39, 0.29) is 24.0 Å². The maximum atomic E-state index is 14.4. The number of nitrogens with two attached hydrogens (primary N) is 1. The second-order valence-electron chi connectivity index (χ2n) is 8.84. The van der Waals surface area contributed by atoms with Crippen molar-refractivity contribution >= 4 is 48.2 Å². The van der Waals surface area contributed by atoms with Crippen LogP contribution in [0, 0.1) is 0 Å². The van der Waals surface area contributed by atoms with Crippen LogP contribution in [-0.4, -0.2) is 80.7 Å². The summed E-state index contributed by atoms with van der Waals surface area (Å²) in [5.41, 5.74) is 6.30. The van der Waals surface area contributed by atoms with Gasteiger partial charge in [-0.2, -0.15) is 15.1 Å². The standard InChI is InChI=1S/C23H30ClFN7O7P/c1-4-36-20(34)13(2)31-40(35,39-14-8-6-5-7-9-14)37-10-15-17(33)23(24,11-25)21(38-15)32-12-28-16-18(27-3)29-22(26)30-19(16)32/h5-9,12-13,15,17,21,33H,4,10-11H2,1-3H3,(H,31,35)(H3,26,27,29,30)/t13-,15-,17-,21-,23-,40+/m1/s1. The normalized spacial score (nSPS) is 24.9. The van der Waals surface area contributed by atoms with Crippen molar-refractivity contribution in [3.63, 3.8) is 0 Å². The Morgan fingerprint density at radius 1 is 1.38 bits per heavy atom. The third-order valence-corrected chi connectivity index (χ3v) is 8.22. The van der Waals surface area contributed by atoms with Gasteiger partial charge in [-0.3, -0.25) is 13.9 Å². The Labute approximate surface area is 233 Å². The van der Waals surface area contributed by atoms with Crippen molar-refractivity contribution in [2.75, 3.05) is 38.0 Å². The molecule has 6 atom stereocenters. The Hall–Kier alpha value is -3.07. The van der Waals surface area contributed by atoms with Gasteiger partial charge in [-0.15, -0.1) is 11.6 Å². The fourth-order valence-corrected chi connectivity index (χ4v) is 5.90. The lowest BCUT2D eigenvalue weighted by Gasteiger charge is -2.27. The number of hydrogen-bond acceptors (Lipinski definition) is 12. The van der Waals surface area contributed by atoms with Crippen LogP contribution in [0.15, 0.2) is 36.7 Å². The molecule has 14 nitrogen and oxygen atoms in total. The van der Waals surface area contributed by atoms with Gasteiger partial charge in [0.05, 0.1) is 19.5 Å². The van der Waals surface area contributed by atoms with E-state index in [1.165, 1.54) is 30.0 Å². The first-order valence-electron chi connectivity index (χ1n) is 12.2. The predicted molar refractivity (Wildman–Crippen MR) is 144 cm³/mol. The summed E-state index contributed by atoms with van der Waals surface area (Å²) >= 11 is 6.59. The lowest BCUT2D eigenvalue weighted by molar-refractivity contribution is -0.144. The summed E-state index contributed by atoms with van der Waals surface area (Å²) in [6.45, 7) is 1.37. The van der Waals surface area contributed by atoms with Crippen LogP contribution in [0.5, 0.6) is 5.75 Å². The number of nitrogen functional groups attached to an aromatic ring is 1. The fraction of sp³-hybridized carbons (Fsp3) is 0.478. The lowest BCUT2D eigenvalue weighted by atomic mass is 10.0. The van der Waals surface area contributed by atoms with Crippen LogP contribution >= 0.6 is 19.3 Å². The average molecular weight is 602 g/mol. The molecule has 218 valence electrons. The summed E-state index contributed by atoms with van der Waals surface area (Å²) in [6.07, 6.45) is -2.95. The smallest absolute Gasteiger partial charge is 0.459 e. The summed E-state index contributed by atoms with van der Waals surface area (Å²) in [7, 11) is -2.67. The van der Waals surface area contributed by atoms with Gasteiger partial charge in [0.1, 0.15) is 35.5 Å². The van der Waals surface area contributed by atoms with E-state index in [9.17, 15) is 18.9 Å². The molecule has 1 aliphatic heterocycles. The number of hydrogen-bond donors (Lipinski definition) is 4. The highest BCUT2D eigenvalue weighted by Crippen LogP contribution is 2.49. The molecule has 0 amide bonds. The summed E-state index contributed by atoms with van der Waals surface area (Å²) in [6, 6.07) is 7.01. The molecule has 1 fully saturated rings. The van der Waals surface area contributed by atoms with Gasteiger partial charge in [0, 0.05) is 7.05 Å². The van der Waals surface area contributed by atoms with Gasteiger partial charge in [0.25, 0.3) is 0 Å². The monoisotopic (exact) mass is 601 g/mol. The lowest BCUT2D eigenvalue weighted by Crippen LogP contribution is -2.44. The zero-order chi connectivity index (χ0) is 29.1. The molecular weight excluding hydrogens is 572 g/mol. The van der Waals surface area contributed by atoms with Crippen LogP contribution in [0.2, 0.25) is 0 Å². The molecule has 0 bridgehead atoms. The van der Waals surface area contributed by atoms with E-state index in [1.807, 2.05) is 0 Å². The first kappa shape index (κ1) is 29.9. The number of imidazole rings is 1. The number of alkyl halides is 2. The predicted octanol–water partition coefficient (Wildman–Crippen LogP) is 2.40. The van der Waals surface area contributed by atoms with Crippen molar-refractivity contribution in [2.24, 2.45) is 0 Å². The van der Waals surface area contributed by atoms with Crippen molar-refractivity contribution in [2.45, 2.75) is 43.2 Å². The molecule has 4 rings (SSSR count). The molecule has 0 radical (unpaired) electrons. The number of nitrogens with zero attached hydrogens (tertiary/aromatic N) is 4. The molecule has 3 heterocycles. The molecule has 17 heteroatoms. The summed E-state index contributed by atoms with van der Waals surface area (Å²) in [5.74, 6) is -0.274. The third-order valence-electron chi connectivity index (χ3n) is 6.06. The van der Waals surface area contributed by atoms with Gasteiger partial charge in [0.2, 0.25) is 5.95 Å². The van der Waals surface area contributed by atoms with Crippen LogP contribution in [-0.2, 0) is 23.4 Å². The maximum absolute atomic E-state index is 14.4. The summed E-state index contributed by atoms with van der Waals surface area (Å²) < 4.78 is 51.6. The Balaban J connectivity index is 1.59. The van der Waals surface area contributed by atoms with E-state index in [4.69, 9.17) is 35.9 Å². The first-order chi connectivity index (χ1) is 19.0. The molecule has 1 aromatic carbocycles. The molecule has 0 saturated carbocycles. The molecule has 0 unspecified atom stereocenters. The summed E-state index contributed by atoms with van der Waals surface area (Å²) in [5, 5.41) is 16.4. The van der Waals surface area contributed by atoms with Gasteiger partial charge in [-0.25, -0.2) is 13.9 Å². The van der Waals surface area contributed by atoms with Crippen molar-refractivity contribution in [3.8, 4) is 5.75 Å². The van der Waals surface area contributed by atoms with Crippen LogP contribution in [0.25, 0.3) is 11.2 Å². The van der Waals surface area contributed by atoms with Gasteiger partial charge in [-0.1, -0.05) is 18.2 Å². The largest absolute Gasteiger partial charge is 0.465 e. The SMILES string of the molecule is CCOC(=O)[C@@H](C)N[P@](=O)(OC[C@H]1O[C@@H](n2cnc3c(NC)nc(N)nc32)[C@@](Cl)(CF)[C@@H]1O)Oc1ccccc1. The number of rotatable bonds is 12. The first-order valence-corrected chi connectivity index (χ1v) is 14.2. The number of aliphatic hydroxyl groups is 1. The van der Waals surface area contributed by atoms with Crippen LogP contribution < -0.4 is 20.7 Å². The second kappa shape index (κ2) is 12.2. The van der Waals surface area contributed by atoms with E-state index in [0.29, 0.717) is 11.3 Å². The number of halogens is 2. The fourth-order valence-electron chi connectivity index (χ4n) is 4.10. The Morgan fingerprint density at radius 2 is 2.10 bits per heavy atom. The molecule has 3 aromatic rings. The third kappa shape index (κ3) is 5.99. The highest BCUT2D eigenvalue weighted by Gasteiger charge is 2.57. The number of ether oxygens (including phenoxy) is 2. The van der Waals surface area contributed by atoms with Crippen molar-refractivity contribution in [3.05, 3.63) is 36.7 Å². The molecule has 5 N–H and O–H groups in total. The zero-order valence-electron chi connectivity index (χ0n) is 21.9. The number of nitrogens with one attached hydrogen (secondary N) is 2. The van der Waals surface area contributed by atoms with Gasteiger partial charge in [0.15, 0.2) is 23.2 Å². The number of fused-ring (bicyclic) bond motifs is 1. The van der Waals surface area contributed by atoms with Crippen molar-refractivity contribution in [1.82, 2.24) is 24.6 Å². The number of aromatic nitrogens is 4. The number of carbonyl (C=O) groups excluding carboxylic acids is 1. The minimum atomic E-state index is -4.28. The quantitative estimate of drug-likeness (QED) is 0.135. The Morgan fingerprint density at radius 3 is 2.75 bits per heavy atom. The van der Waals surface area contributed by atoms with Crippen molar-refractivity contribution < 1.29 is 37.4 Å². The summed E-state index contributed by atoms with van der Waals surface area (Å²) in [4.78, 5) is 22.7.